The molecule has 1 aliphatic carbocycles. The van der Waals surface area contributed by atoms with Gasteiger partial charge in [-0.05, 0) is 32.6 Å². The second kappa shape index (κ2) is 3.99. The molecule has 2 rings (SSSR count). The smallest absolute Gasteiger partial charge is 0.0954 e. The van der Waals surface area contributed by atoms with E-state index in [1.54, 1.807) is 0 Å². The average molecular weight is 206 g/mol. The van der Waals surface area contributed by atoms with Crippen LogP contribution in [0.2, 0.25) is 0 Å². The van der Waals surface area contributed by atoms with Crippen molar-refractivity contribution < 1.29 is 0 Å². The fraction of sp³-hybridized carbons (Fsp3) is 0.769. The number of imidazole rings is 1. The van der Waals surface area contributed by atoms with Crippen LogP contribution in [0, 0.1) is 0 Å². The Labute approximate surface area is 92.7 Å². The lowest BCUT2D eigenvalue weighted by Crippen LogP contribution is -2.27. The van der Waals surface area contributed by atoms with Crippen molar-refractivity contribution in [2.24, 2.45) is 0 Å². The maximum atomic E-state index is 4.54. The zero-order chi connectivity index (χ0) is 10.9. The molecule has 1 fully saturated rings. The van der Waals surface area contributed by atoms with E-state index in [2.05, 4.69) is 36.5 Å². The van der Waals surface area contributed by atoms with Crippen molar-refractivity contribution in [3.8, 4) is 0 Å². The lowest BCUT2D eigenvalue weighted by Gasteiger charge is -2.29. The van der Waals surface area contributed by atoms with Gasteiger partial charge in [0, 0.05) is 17.7 Å². The molecule has 1 atom stereocenters. The van der Waals surface area contributed by atoms with Gasteiger partial charge in [-0.3, -0.25) is 0 Å². The Hall–Kier alpha value is -0.790. The highest BCUT2D eigenvalue weighted by Gasteiger charge is 2.29. The van der Waals surface area contributed by atoms with E-state index < -0.39 is 0 Å². The molecule has 2 nitrogen and oxygen atoms in total. The van der Waals surface area contributed by atoms with Crippen molar-refractivity contribution in [1.29, 1.82) is 0 Å². The van der Waals surface area contributed by atoms with Gasteiger partial charge < -0.3 is 4.57 Å². The van der Waals surface area contributed by atoms with Gasteiger partial charge in [-0.2, -0.15) is 0 Å². The van der Waals surface area contributed by atoms with Crippen molar-refractivity contribution in [3.63, 3.8) is 0 Å². The number of rotatable bonds is 5. The SMILES string of the molecule is CCCC(C)(CC)n1cnc(C2CC2)c1. The molecule has 1 unspecified atom stereocenters. The minimum Gasteiger partial charge on any atom is -0.331 e. The first-order valence-corrected chi connectivity index (χ1v) is 6.24. The standard InChI is InChI=1S/C13H22N2/c1-4-8-13(3,5-2)15-9-12(14-10-15)11-6-7-11/h9-11H,4-8H2,1-3H3. The minimum atomic E-state index is 0.273. The Bertz CT molecular complexity index is 325. The topological polar surface area (TPSA) is 17.8 Å². The van der Waals surface area contributed by atoms with E-state index >= 15 is 0 Å². The van der Waals surface area contributed by atoms with E-state index in [1.807, 2.05) is 6.33 Å². The molecule has 0 N–H and O–H groups in total. The van der Waals surface area contributed by atoms with Crippen molar-refractivity contribution in [1.82, 2.24) is 9.55 Å². The molecule has 2 heteroatoms. The maximum Gasteiger partial charge on any atom is 0.0954 e. The predicted octanol–water partition coefficient (Wildman–Crippen LogP) is 3.69. The van der Waals surface area contributed by atoms with Crippen LogP contribution in [-0.2, 0) is 5.54 Å². The van der Waals surface area contributed by atoms with Crippen LogP contribution in [0.5, 0.6) is 0 Å². The minimum absolute atomic E-state index is 0.273. The fourth-order valence-corrected chi connectivity index (χ4v) is 2.25. The molecule has 0 bridgehead atoms. The van der Waals surface area contributed by atoms with Gasteiger partial charge in [-0.1, -0.05) is 20.3 Å². The van der Waals surface area contributed by atoms with Crippen molar-refractivity contribution >= 4 is 0 Å². The molecule has 0 aromatic carbocycles. The first-order valence-electron chi connectivity index (χ1n) is 6.24. The Morgan fingerprint density at radius 3 is 2.73 bits per heavy atom. The Morgan fingerprint density at radius 1 is 1.47 bits per heavy atom. The molecule has 84 valence electrons. The largest absolute Gasteiger partial charge is 0.331 e. The summed E-state index contributed by atoms with van der Waals surface area (Å²) in [6.07, 6.45) is 10.7. The van der Waals surface area contributed by atoms with E-state index in [-0.39, 0.29) is 5.54 Å². The molecule has 1 aromatic heterocycles. The summed E-state index contributed by atoms with van der Waals surface area (Å²) in [5.41, 5.74) is 1.58. The zero-order valence-electron chi connectivity index (χ0n) is 10.2. The molecule has 0 spiro atoms. The average Bonchev–Trinajstić information content (AvgIpc) is 2.96. The van der Waals surface area contributed by atoms with Gasteiger partial charge in [0.2, 0.25) is 0 Å². The highest BCUT2D eigenvalue weighted by molar-refractivity contribution is 5.12. The summed E-state index contributed by atoms with van der Waals surface area (Å²) in [5.74, 6) is 0.772. The first kappa shape index (κ1) is 10.7. The number of hydrogen-bond acceptors (Lipinski definition) is 1. The van der Waals surface area contributed by atoms with Crippen LogP contribution >= 0.6 is 0 Å². The summed E-state index contributed by atoms with van der Waals surface area (Å²) in [6.45, 7) is 6.87. The second-order valence-electron chi connectivity index (χ2n) is 5.08. The quantitative estimate of drug-likeness (QED) is 0.718. The van der Waals surface area contributed by atoms with Gasteiger partial charge in [0.1, 0.15) is 0 Å². The van der Waals surface area contributed by atoms with Crippen LogP contribution in [0.1, 0.15) is 64.5 Å². The summed E-state index contributed by atoms with van der Waals surface area (Å²) in [5, 5.41) is 0. The summed E-state index contributed by atoms with van der Waals surface area (Å²) in [7, 11) is 0. The van der Waals surface area contributed by atoms with E-state index in [4.69, 9.17) is 0 Å². The van der Waals surface area contributed by atoms with Gasteiger partial charge in [-0.15, -0.1) is 0 Å². The fourth-order valence-electron chi connectivity index (χ4n) is 2.25. The van der Waals surface area contributed by atoms with E-state index in [0.29, 0.717) is 0 Å². The van der Waals surface area contributed by atoms with Gasteiger partial charge in [0.25, 0.3) is 0 Å². The van der Waals surface area contributed by atoms with Gasteiger partial charge in [0.05, 0.1) is 12.0 Å². The van der Waals surface area contributed by atoms with Crippen LogP contribution in [0.25, 0.3) is 0 Å². The van der Waals surface area contributed by atoms with E-state index in [0.717, 1.165) is 5.92 Å². The van der Waals surface area contributed by atoms with Crippen molar-refractivity contribution in [2.45, 2.75) is 64.3 Å². The molecule has 0 amide bonds. The summed E-state index contributed by atoms with van der Waals surface area (Å²) >= 11 is 0. The first-order chi connectivity index (χ1) is 7.19. The maximum absolute atomic E-state index is 4.54. The third-order valence-electron chi connectivity index (χ3n) is 3.77. The summed E-state index contributed by atoms with van der Waals surface area (Å²) in [6, 6.07) is 0. The Morgan fingerprint density at radius 2 is 2.20 bits per heavy atom. The molecule has 1 aliphatic rings. The van der Waals surface area contributed by atoms with E-state index in [9.17, 15) is 0 Å². The second-order valence-corrected chi connectivity index (χ2v) is 5.08. The van der Waals surface area contributed by atoms with Crippen molar-refractivity contribution in [2.75, 3.05) is 0 Å². The highest BCUT2D eigenvalue weighted by Crippen LogP contribution is 2.39. The van der Waals surface area contributed by atoms with Crippen LogP contribution in [0.4, 0.5) is 0 Å². The summed E-state index contributed by atoms with van der Waals surface area (Å²) in [4.78, 5) is 4.54. The molecule has 1 aromatic rings. The lowest BCUT2D eigenvalue weighted by atomic mass is 9.93. The van der Waals surface area contributed by atoms with Gasteiger partial charge >= 0.3 is 0 Å². The van der Waals surface area contributed by atoms with Gasteiger partial charge in [-0.25, -0.2) is 4.98 Å². The number of hydrogen-bond donors (Lipinski definition) is 0. The lowest BCUT2D eigenvalue weighted by molar-refractivity contribution is 0.278. The third kappa shape index (κ3) is 2.09. The third-order valence-corrected chi connectivity index (χ3v) is 3.77. The van der Waals surface area contributed by atoms with Crippen molar-refractivity contribution in [3.05, 3.63) is 18.2 Å². The molecule has 0 radical (unpaired) electrons. The zero-order valence-corrected chi connectivity index (χ0v) is 10.2. The van der Waals surface area contributed by atoms with Crippen LogP contribution < -0.4 is 0 Å². The normalized spacial score (nSPS) is 20.2. The van der Waals surface area contributed by atoms with Gasteiger partial charge in [0.15, 0.2) is 0 Å². The Balaban J connectivity index is 2.17. The number of nitrogens with zero attached hydrogens (tertiary/aromatic N) is 2. The molecule has 0 aliphatic heterocycles. The summed E-state index contributed by atoms with van der Waals surface area (Å²) < 4.78 is 2.34. The van der Waals surface area contributed by atoms with Crippen LogP contribution in [0.15, 0.2) is 12.5 Å². The number of aromatic nitrogens is 2. The molecule has 1 saturated carbocycles. The molecule has 1 heterocycles. The van der Waals surface area contributed by atoms with Crippen LogP contribution in [-0.4, -0.2) is 9.55 Å². The predicted molar refractivity (Wildman–Crippen MR) is 63.0 cm³/mol. The Kier molecular flexibility index (Phi) is 2.85. The monoisotopic (exact) mass is 206 g/mol. The molecular weight excluding hydrogens is 184 g/mol. The molecule has 0 saturated heterocycles. The van der Waals surface area contributed by atoms with E-state index in [1.165, 1.54) is 37.8 Å². The molecular formula is C13H22N2. The highest BCUT2D eigenvalue weighted by atomic mass is 15.1. The van der Waals surface area contributed by atoms with Crippen LogP contribution in [0.3, 0.4) is 0 Å². The molecule has 15 heavy (non-hydrogen) atoms.